The van der Waals surface area contributed by atoms with Crippen LogP contribution in [0.1, 0.15) is 25.7 Å². The van der Waals surface area contributed by atoms with E-state index in [0.29, 0.717) is 24.9 Å². The van der Waals surface area contributed by atoms with Gasteiger partial charge in [-0.05, 0) is 32.7 Å². The summed E-state index contributed by atoms with van der Waals surface area (Å²) < 4.78 is 0. The van der Waals surface area contributed by atoms with Crippen LogP contribution in [0.2, 0.25) is 0 Å². The molecule has 2 unspecified atom stereocenters. The van der Waals surface area contributed by atoms with Gasteiger partial charge in [-0.3, -0.25) is 4.79 Å². The van der Waals surface area contributed by atoms with Crippen LogP contribution in [0.3, 0.4) is 0 Å². The second kappa shape index (κ2) is 3.68. The quantitative estimate of drug-likeness (QED) is 0.673. The van der Waals surface area contributed by atoms with Crippen molar-refractivity contribution in [2.45, 2.75) is 43.3 Å². The Bertz CT molecular complexity index is 233. The molecule has 2 atom stereocenters. The van der Waals surface area contributed by atoms with Gasteiger partial charge in [-0.25, -0.2) is 0 Å². The molecule has 2 fully saturated rings. The molecule has 14 heavy (non-hydrogen) atoms. The first-order valence-corrected chi connectivity index (χ1v) is 4.77. The Kier molecular flexibility index (Phi) is 3.09. The van der Waals surface area contributed by atoms with Crippen LogP contribution in [0.5, 0.6) is 0 Å². The number of halogens is 1. The van der Waals surface area contributed by atoms with Gasteiger partial charge >= 0.3 is 5.97 Å². The summed E-state index contributed by atoms with van der Waals surface area (Å²) in [4.78, 5) is 13.2. The van der Waals surface area contributed by atoms with Crippen LogP contribution in [0, 0.1) is 0 Å². The van der Waals surface area contributed by atoms with Crippen LogP contribution in [-0.4, -0.2) is 40.6 Å². The van der Waals surface area contributed by atoms with E-state index in [-0.39, 0.29) is 12.4 Å². The molecular weight excluding hydrogens is 204 g/mol. The molecule has 2 bridgehead atoms. The highest BCUT2D eigenvalue weighted by atomic mass is 35.5. The number of hydrogen-bond acceptors (Lipinski definition) is 3. The van der Waals surface area contributed by atoms with Gasteiger partial charge in [0.25, 0.3) is 0 Å². The van der Waals surface area contributed by atoms with E-state index in [9.17, 15) is 4.79 Å². The Labute approximate surface area is 89.9 Å². The van der Waals surface area contributed by atoms with Gasteiger partial charge in [0.15, 0.2) is 0 Å². The van der Waals surface area contributed by atoms with Crippen molar-refractivity contribution >= 4 is 18.4 Å². The number of aliphatic carboxylic acids is 1. The maximum Gasteiger partial charge on any atom is 0.323 e. The molecule has 5 heteroatoms. The van der Waals surface area contributed by atoms with Crippen LogP contribution >= 0.6 is 12.4 Å². The topological polar surface area (TPSA) is 66.6 Å². The second-order valence-electron chi connectivity index (χ2n) is 4.42. The number of nitrogens with two attached hydrogens (primary N) is 1. The number of hydrogen-bond donors (Lipinski definition) is 2. The van der Waals surface area contributed by atoms with Crippen molar-refractivity contribution < 1.29 is 9.90 Å². The van der Waals surface area contributed by atoms with Crippen molar-refractivity contribution in [2.75, 3.05) is 7.05 Å². The number of piperidine rings is 1. The largest absolute Gasteiger partial charge is 0.480 e. The van der Waals surface area contributed by atoms with Crippen molar-refractivity contribution in [1.29, 1.82) is 0 Å². The zero-order valence-electron chi connectivity index (χ0n) is 8.27. The first-order chi connectivity index (χ1) is 6.03. The molecule has 0 aromatic carbocycles. The van der Waals surface area contributed by atoms with Gasteiger partial charge in [-0.1, -0.05) is 0 Å². The lowest BCUT2D eigenvalue weighted by Gasteiger charge is -2.40. The summed E-state index contributed by atoms with van der Waals surface area (Å²) in [6, 6.07) is 0.777. The predicted molar refractivity (Wildman–Crippen MR) is 55.6 cm³/mol. The highest BCUT2D eigenvalue weighted by Gasteiger charge is 2.48. The van der Waals surface area contributed by atoms with E-state index in [2.05, 4.69) is 11.9 Å². The van der Waals surface area contributed by atoms with Crippen LogP contribution in [0.25, 0.3) is 0 Å². The Morgan fingerprint density at radius 3 is 2.21 bits per heavy atom. The summed E-state index contributed by atoms with van der Waals surface area (Å²) in [5.74, 6) is -0.836. The number of carbonyl (C=O) groups is 1. The lowest BCUT2D eigenvalue weighted by Crippen LogP contribution is -2.58. The summed E-state index contributed by atoms with van der Waals surface area (Å²) in [6.07, 6.45) is 3.42. The van der Waals surface area contributed by atoms with Gasteiger partial charge < -0.3 is 15.7 Å². The van der Waals surface area contributed by atoms with Crippen LogP contribution in [-0.2, 0) is 4.79 Å². The molecule has 0 radical (unpaired) electrons. The van der Waals surface area contributed by atoms with Crippen molar-refractivity contribution in [3.8, 4) is 0 Å². The third kappa shape index (κ3) is 1.62. The zero-order chi connectivity index (χ0) is 9.64. The summed E-state index contributed by atoms with van der Waals surface area (Å²) in [6.45, 7) is 0. The van der Waals surface area contributed by atoms with Crippen molar-refractivity contribution in [3.63, 3.8) is 0 Å². The monoisotopic (exact) mass is 220 g/mol. The highest BCUT2D eigenvalue weighted by molar-refractivity contribution is 5.85. The van der Waals surface area contributed by atoms with Crippen molar-refractivity contribution in [2.24, 2.45) is 5.73 Å². The summed E-state index contributed by atoms with van der Waals surface area (Å²) in [5.41, 5.74) is 4.90. The molecule has 82 valence electrons. The molecule has 0 aromatic heterocycles. The molecule has 2 aliphatic heterocycles. The van der Waals surface area contributed by atoms with E-state index in [4.69, 9.17) is 10.8 Å². The maximum absolute atomic E-state index is 11.0. The Hall–Kier alpha value is -0.320. The average Bonchev–Trinajstić information content (AvgIpc) is 2.33. The van der Waals surface area contributed by atoms with E-state index in [1.165, 1.54) is 0 Å². The van der Waals surface area contributed by atoms with E-state index in [0.717, 1.165) is 12.8 Å². The van der Waals surface area contributed by atoms with Crippen LogP contribution < -0.4 is 5.73 Å². The van der Waals surface area contributed by atoms with Crippen molar-refractivity contribution in [3.05, 3.63) is 0 Å². The van der Waals surface area contributed by atoms with Gasteiger partial charge in [0.2, 0.25) is 0 Å². The minimum Gasteiger partial charge on any atom is -0.480 e. The molecule has 0 aliphatic carbocycles. The Balaban J connectivity index is 0.000000980. The van der Waals surface area contributed by atoms with Gasteiger partial charge in [-0.15, -0.1) is 12.4 Å². The fourth-order valence-electron chi connectivity index (χ4n) is 2.68. The fourth-order valence-corrected chi connectivity index (χ4v) is 2.68. The number of carboxylic acids is 1. The van der Waals surface area contributed by atoms with Crippen molar-refractivity contribution in [1.82, 2.24) is 4.90 Å². The van der Waals surface area contributed by atoms with E-state index >= 15 is 0 Å². The summed E-state index contributed by atoms with van der Waals surface area (Å²) in [7, 11) is 2.07. The smallest absolute Gasteiger partial charge is 0.323 e. The fraction of sp³-hybridized carbons (Fsp3) is 0.889. The molecule has 4 nitrogen and oxygen atoms in total. The number of carboxylic acid groups (broad SMARTS) is 1. The highest BCUT2D eigenvalue weighted by Crippen LogP contribution is 2.38. The van der Waals surface area contributed by atoms with Gasteiger partial charge in [0.05, 0.1) is 0 Å². The zero-order valence-corrected chi connectivity index (χ0v) is 9.09. The van der Waals surface area contributed by atoms with Crippen LogP contribution in [0.4, 0.5) is 0 Å². The molecule has 3 N–H and O–H groups in total. The third-order valence-electron chi connectivity index (χ3n) is 3.61. The lowest BCUT2D eigenvalue weighted by atomic mass is 9.84. The number of fused-ring (bicyclic) bond motifs is 2. The SMILES string of the molecule is CN1C2CCC1CC(N)(C(=O)O)C2.Cl. The predicted octanol–water partition coefficient (Wildman–Crippen LogP) is 0.447. The maximum atomic E-state index is 11.0. The van der Waals surface area contributed by atoms with Crippen LogP contribution in [0.15, 0.2) is 0 Å². The number of rotatable bonds is 1. The van der Waals surface area contributed by atoms with E-state index < -0.39 is 11.5 Å². The standard InChI is InChI=1S/C9H16N2O2.ClH/c1-11-6-2-3-7(11)5-9(10,4-6)8(12)13;/h6-7H,2-5,10H2,1H3,(H,12,13);1H. The van der Waals surface area contributed by atoms with Gasteiger partial charge in [-0.2, -0.15) is 0 Å². The normalized spacial score (nSPS) is 41.9. The summed E-state index contributed by atoms with van der Waals surface area (Å²) >= 11 is 0. The molecule has 0 spiro atoms. The molecule has 0 saturated carbocycles. The molecule has 0 amide bonds. The minimum absolute atomic E-state index is 0. The third-order valence-corrected chi connectivity index (χ3v) is 3.61. The van der Waals surface area contributed by atoms with Gasteiger partial charge in [0, 0.05) is 12.1 Å². The summed E-state index contributed by atoms with van der Waals surface area (Å²) in [5, 5.41) is 9.00. The lowest BCUT2D eigenvalue weighted by molar-refractivity contribution is -0.146. The first-order valence-electron chi connectivity index (χ1n) is 4.77. The molecule has 0 aromatic rings. The van der Waals surface area contributed by atoms with Gasteiger partial charge in [0.1, 0.15) is 5.54 Å². The van der Waals surface area contributed by atoms with E-state index in [1.807, 2.05) is 0 Å². The molecule has 2 aliphatic rings. The molecule has 2 heterocycles. The second-order valence-corrected chi connectivity index (χ2v) is 4.42. The molecule has 2 rings (SSSR count). The molecular formula is C9H17ClN2O2. The number of nitrogens with zero attached hydrogens (tertiary/aromatic N) is 1. The first kappa shape index (κ1) is 11.8. The Morgan fingerprint density at radius 1 is 1.43 bits per heavy atom. The average molecular weight is 221 g/mol. The Morgan fingerprint density at radius 2 is 1.86 bits per heavy atom. The van der Waals surface area contributed by atoms with E-state index in [1.54, 1.807) is 0 Å². The molecule has 2 saturated heterocycles. The minimum atomic E-state index is -0.960.